The number of methoxy groups -OCH3 is 2. The van der Waals surface area contributed by atoms with E-state index in [2.05, 4.69) is 15.5 Å². The zero-order valence-electron chi connectivity index (χ0n) is 18.4. The normalized spacial score (nSPS) is 10.7. The number of benzene rings is 2. The maximum absolute atomic E-state index is 12.5. The van der Waals surface area contributed by atoms with Crippen LogP contribution in [0, 0.1) is 0 Å². The molecular formula is C24H24N4O4S. The molecule has 2 aromatic heterocycles. The SMILES string of the molecule is COc1cccc(-c2nnc(SCC(=O)NCc3ccccc3OC)n2Cc2ccco2)c1. The van der Waals surface area contributed by atoms with Gasteiger partial charge in [-0.25, -0.2) is 0 Å². The van der Waals surface area contributed by atoms with Crippen molar-refractivity contribution in [2.24, 2.45) is 0 Å². The zero-order chi connectivity index (χ0) is 23.0. The van der Waals surface area contributed by atoms with Crippen LogP contribution in [0.3, 0.4) is 0 Å². The summed E-state index contributed by atoms with van der Waals surface area (Å²) in [5.41, 5.74) is 1.78. The zero-order valence-corrected chi connectivity index (χ0v) is 19.2. The second-order valence-electron chi connectivity index (χ2n) is 7.08. The summed E-state index contributed by atoms with van der Waals surface area (Å²) in [5.74, 6) is 2.99. The van der Waals surface area contributed by atoms with Gasteiger partial charge < -0.3 is 19.2 Å². The van der Waals surface area contributed by atoms with E-state index in [4.69, 9.17) is 13.9 Å². The second kappa shape index (κ2) is 10.7. The van der Waals surface area contributed by atoms with E-state index in [0.29, 0.717) is 24.1 Å². The third-order valence-electron chi connectivity index (χ3n) is 4.94. The van der Waals surface area contributed by atoms with Crippen molar-refractivity contribution in [3.63, 3.8) is 0 Å². The highest BCUT2D eigenvalue weighted by atomic mass is 32.2. The van der Waals surface area contributed by atoms with E-state index in [1.165, 1.54) is 11.8 Å². The number of carbonyl (C=O) groups is 1. The van der Waals surface area contributed by atoms with Crippen LogP contribution >= 0.6 is 11.8 Å². The molecule has 0 aliphatic heterocycles. The number of rotatable bonds is 10. The molecule has 0 aliphatic rings. The third-order valence-corrected chi connectivity index (χ3v) is 5.91. The first kappa shape index (κ1) is 22.5. The van der Waals surface area contributed by atoms with E-state index >= 15 is 0 Å². The lowest BCUT2D eigenvalue weighted by molar-refractivity contribution is -0.118. The monoisotopic (exact) mass is 464 g/mol. The molecule has 0 bridgehead atoms. The Balaban J connectivity index is 1.48. The Labute approximate surface area is 195 Å². The first-order chi connectivity index (χ1) is 16.2. The molecule has 1 amide bonds. The van der Waals surface area contributed by atoms with Crippen LogP contribution in [0.1, 0.15) is 11.3 Å². The van der Waals surface area contributed by atoms with Crippen molar-refractivity contribution >= 4 is 17.7 Å². The van der Waals surface area contributed by atoms with Gasteiger partial charge in [-0.2, -0.15) is 0 Å². The minimum Gasteiger partial charge on any atom is -0.497 e. The van der Waals surface area contributed by atoms with Gasteiger partial charge in [-0.1, -0.05) is 42.1 Å². The first-order valence-corrected chi connectivity index (χ1v) is 11.3. The van der Waals surface area contributed by atoms with Crippen molar-refractivity contribution in [3.05, 3.63) is 78.3 Å². The Kier molecular flexibility index (Phi) is 7.31. The van der Waals surface area contributed by atoms with Crippen LogP contribution in [-0.2, 0) is 17.9 Å². The van der Waals surface area contributed by atoms with E-state index in [-0.39, 0.29) is 11.7 Å². The van der Waals surface area contributed by atoms with Crippen molar-refractivity contribution in [1.82, 2.24) is 20.1 Å². The molecule has 8 nitrogen and oxygen atoms in total. The number of hydrogen-bond donors (Lipinski definition) is 1. The topological polar surface area (TPSA) is 91.4 Å². The maximum atomic E-state index is 12.5. The quantitative estimate of drug-likeness (QED) is 0.355. The standard InChI is InChI=1S/C24H24N4O4S/c1-30-19-9-5-8-17(13-19)23-26-27-24(28(23)15-20-10-6-12-32-20)33-16-22(29)25-14-18-7-3-4-11-21(18)31-2/h3-13H,14-16H2,1-2H3,(H,25,29). The highest BCUT2D eigenvalue weighted by molar-refractivity contribution is 7.99. The number of carbonyl (C=O) groups excluding carboxylic acids is 1. The van der Waals surface area contributed by atoms with Gasteiger partial charge in [0, 0.05) is 17.7 Å². The Morgan fingerprint density at radius 1 is 1.06 bits per heavy atom. The van der Waals surface area contributed by atoms with Crippen LogP contribution < -0.4 is 14.8 Å². The lowest BCUT2D eigenvalue weighted by Crippen LogP contribution is -2.25. The predicted molar refractivity (Wildman–Crippen MR) is 125 cm³/mol. The van der Waals surface area contributed by atoms with Gasteiger partial charge in [0.1, 0.15) is 17.3 Å². The predicted octanol–water partition coefficient (Wildman–Crippen LogP) is 4.01. The molecule has 0 spiro atoms. The van der Waals surface area contributed by atoms with Crippen LogP contribution in [0.25, 0.3) is 11.4 Å². The van der Waals surface area contributed by atoms with Crippen molar-refractivity contribution in [3.8, 4) is 22.9 Å². The second-order valence-corrected chi connectivity index (χ2v) is 8.02. The third kappa shape index (κ3) is 5.56. The van der Waals surface area contributed by atoms with E-state index in [0.717, 1.165) is 28.4 Å². The van der Waals surface area contributed by atoms with Crippen LogP contribution in [0.2, 0.25) is 0 Å². The molecule has 4 rings (SSSR count). The summed E-state index contributed by atoms with van der Waals surface area (Å²) in [6.07, 6.45) is 1.63. The van der Waals surface area contributed by atoms with E-state index in [1.807, 2.05) is 65.2 Å². The molecular weight excluding hydrogens is 440 g/mol. The van der Waals surface area contributed by atoms with Crippen molar-refractivity contribution in [2.45, 2.75) is 18.2 Å². The van der Waals surface area contributed by atoms with Crippen LogP contribution in [-0.4, -0.2) is 40.6 Å². The van der Waals surface area contributed by atoms with Gasteiger partial charge in [-0.15, -0.1) is 10.2 Å². The molecule has 0 fully saturated rings. The molecule has 9 heteroatoms. The summed E-state index contributed by atoms with van der Waals surface area (Å²) in [6, 6.07) is 18.9. The highest BCUT2D eigenvalue weighted by Gasteiger charge is 2.17. The lowest BCUT2D eigenvalue weighted by atomic mass is 10.2. The fraction of sp³-hybridized carbons (Fsp3) is 0.208. The molecule has 2 aromatic carbocycles. The largest absolute Gasteiger partial charge is 0.497 e. The smallest absolute Gasteiger partial charge is 0.230 e. The van der Waals surface area contributed by atoms with Gasteiger partial charge in [0.15, 0.2) is 11.0 Å². The van der Waals surface area contributed by atoms with Gasteiger partial charge in [0.25, 0.3) is 0 Å². The van der Waals surface area contributed by atoms with Crippen molar-refractivity contribution in [2.75, 3.05) is 20.0 Å². The summed E-state index contributed by atoms with van der Waals surface area (Å²) in [4.78, 5) is 12.5. The number of aromatic nitrogens is 3. The summed E-state index contributed by atoms with van der Waals surface area (Å²) < 4.78 is 18.1. The molecule has 0 unspecified atom stereocenters. The molecule has 0 aliphatic carbocycles. The number of hydrogen-bond acceptors (Lipinski definition) is 7. The fourth-order valence-corrected chi connectivity index (χ4v) is 4.06. The molecule has 33 heavy (non-hydrogen) atoms. The van der Waals surface area contributed by atoms with Gasteiger partial charge in [-0.3, -0.25) is 9.36 Å². The molecule has 0 radical (unpaired) electrons. The van der Waals surface area contributed by atoms with Gasteiger partial charge >= 0.3 is 0 Å². The molecule has 170 valence electrons. The average molecular weight is 465 g/mol. The molecule has 2 heterocycles. The first-order valence-electron chi connectivity index (χ1n) is 10.3. The van der Waals surface area contributed by atoms with E-state index in [9.17, 15) is 4.79 Å². The van der Waals surface area contributed by atoms with Crippen molar-refractivity contribution < 1.29 is 18.7 Å². The summed E-state index contributed by atoms with van der Waals surface area (Å²) >= 11 is 1.32. The number of thioether (sulfide) groups is 1. The molecule has 0 saturated carbocycles. The number of nitrogens with zero attached hydrogens (tertiary/aromatic N) is 3. The number of nitrogens with one attached hydrogen (secondary N) is 1. The van der Waals surface area contributed by atoms with Crippen LogP contribution in [0.5, 0.6) is 11.5 Å². The van der Waals surface area contributed by atoms with Gasteiger partial charge in [0.2, 0.25) is 5.91 Å². The number of ether oxygens (including phenoxy) is 2. The van der Waals surface area contributed by atoms with Gasteiger partial charge in [0.05, 0.1) is 32.8 Å². The lowest BCUT2D eigenvalue weighted by Gasteiger charge is -2.11. The summed E-state index contributed by atoms with van der Waals surface area (Å²) in [6.45, 7) is 0.829. The average Bonchev–Trinajstić information content (AvgIpc) is 3.52. The van der Waals surface area contributed by atoms with Crippen molar-refractivity contribution in [1.29, 1.82) is 0 Å². The molecule has 0 atom stereocenters. The van der Waals surface area contributed by atoms with E-state index in [1.54, 1.807) is 20.5 Å². The molecule has 4 aromatic rings. The van der Waals surface area contributed by atoms with Crippen LogP contribution in [0.15, 0.2) is 76.5 Å². The highest BCUT2D eigenvalue weighted by Crippen LogP contribution is 2.27. The minimum atomic E-state index is -0.110. The Morgan fingerprint density at radius 2 is 1.94 bits per heavy atom. The van der Waals surface area contributed by atoms with Crippen LogP contribution in [0.4, 0.5) is 0 Å². The minimum absolute atomic E-state index is 0.110. The fourth-order valence-electron chi connectivity index (χ4n) is 3.30. The maximum Gasteiger partial charge on any atom is 0.230 e. The van der Waals surface area contributed by atoms with Gasteiger partial charge in [-0.05, 0) is 30.3 Å². The Morgan fingerprint density at radius 3 is 2.73 bits per heavy atom. The number of para-hydroxylation sites is 1. The molecule has 0 saturated heterocycles. The summed E-state index contributed by atoms with van der Waals surface area (Å²) in [5, 5.41) is 12.3. The Hall–Kier alpha value is -3.72. The number of amides is 1. The Bertz CT molecular complexity index is 1210. The number of furan rings is 1. The van der Waals surface area contributed by atoms with E-state index < -0.39 is 0 Å². The summed E-state index contributed by atoms with van der Waals surface area (Å²) in [7, 11) is 3.24. The molecule has 1 N–H and O–H groups in total.